The van der Waals surface area contributed by atoms with Gasteiger partial charge < -0.3 is 39.3 Å². The average molecular weight is 1970 g/mol. The molecule has 0 radical (unpaired) electrons. The van der Waals surface area contributed by atoms with E-state index < -0.39 is 0 Å². The zero-order chi connectivity index (χ0) is 103. The number of furan rings is 1. The third-order valence-corrected chi connectivity index (χ3v) is 25.3. The van der Waals surface area contributed by atoms with Crippen molar-refractivity contribution >= 4 is 169 Å². The molecular weight excluding hydrogens is 1870 g/mol. The summed E-state index contributed by atoms with van der Waals surface area (Å²) >= 11 is 1.42. The highest BCUT2D eigenvalue weighted by atomic mass is 32.1. The molecule has 0 saturated carbocycles. The summed E-state index contributed by atoms with van der Waals surface area (Å²) < 4.78 is 5.02. The van der Waals surface area contributed by atoms with Crippen LogP contribution >= 0.6 is 11.3 Å². The maximum atomic E-state index is 12.3. The molecular formula is C120H101N11O15S. The van der Waals surface area contributed by atoms with Crippen LogP contribution < -0.4 is 0 Å². The monoisotopic (exact) mass is 1970 g/mol. The van der Waals surface area contributed by atoms with Gasteiger partial charge in [-0.15, -0.1) is 16.4 Å². The normalized spacial score (nSPS) is 10.7. The minimum Gasteiger partial charge on any atom is -0.461 e. The van der Waals surface area contributed by atoms with Crippen LogP contribution in [0.2, 0.25) is 0 Å². The molecule has 0 spiro atoms. The number of rotatable bonds is 35. The zero-order valence-corrected chi connectivity index (χ0v) is 81.2. The molecule has 12 aromatic heterocycles. The number of H-pyrrole nitrogens is 7. The molecule has 27 heteroatoms. The number of aromatic nitrogens is 11. The molecule has 7 N–H and O–H groups in total. The summed E-state index contributed by atoms with van der Waals surface area (Å²) in [5, 5.41) is 16.3. The van der Waals surface area contributed by atoms with Crippen molar-refractivity contribution in [1.29, 1.82) is 0 Å². The van der Waals surface area contributed by atoms with E-state index in [1.54, 1.807) is 122 Å². The summed E-state index contributed by atoms with van der Waals surface area (Å²) in [6.07, 6.45) is 23.5. The number of carbonyl (C=O) groups excluding carboxylic acids is 14. The van der Waals surface area contributed by atoms with Gasteiger partial charge in [0.25, 0.3) is 0 Å². The van der Waals surface area contributed by atoms with E-state index in [1.165, 1.54) is 30.0 Å². The quantitative estimate of drug-likeness (QED) is 0.0181. The van der Waals surface area contributed by atoms with Gasteiger partial charge >= 0.3 is 0 Å². The smallest absolute Gasteiger partial charge is 0.198 e. The number of thiophene rings is 1. The fraction of sp³-hybridized carbons (Fsp3) is 0.133. The second-order valence-corrected chi connectivity index (χ2v) is 35.5. The summed E-state index contributed by atoms with van der Waals surface area (Å²) in [4.78, 5) is 199. The maximum Gasteiger partial charge on any atom is 0.198 e. The summed E-state index contributed by atoms with van der Waals surface area (Å²) in [5.74, 6) is -0.201. The molecule has 21 rings (SSSR count). The molecule has 0 bridgehead atoms. The molecule has 9 aromatic carbocycles. The molecule has 0 unspecified atom stereocenters. The van der Waals surface area contributed by atoms with Crippen LogP contribution in [0.5, 0.6) is 0 Å². The van der Waals surface area contributed by atoms with Crippen molar-refractivity contribution in [2.24, 2.45) is 0 Å². The first-order valence-corrected chi connectivity index (χ1v) is 48.6. The molecule has 12 heterocycles. The second kappa shape index (κ2) is 50.8. The van der Waals surface area contributed by atoms with Crippen molar-refractivity contribution in [1.82, 2.24) is 55.1 Å². The number of nitrogens with one attached hydrogen (secondary N) is 7. The van der Waals surface area contributed by atoms with Gasteiger partial charge in [-0.05, 0) is 255 Å². The van der Waals surface area contributed by atoms with Gasteiger partial charge in [0.15, 0.2) is 86.7 Å². The van der Waals surface area contributed by atoms with Gasteiger partial charge in [-0.25, -0.2) is 0 Å². The van der Waals surface area contributed by atoms with Crippen LogP contribution in [0.4, 0.5) is 0 Å². The summed E-state index contributed by atoms with van der Waals surface area (Å²) in [6, 6.07) is 85.9. The largest absolute Gasteiger partial charge is 0.461 e. The van der Waals surface area contributed by atoms with E-state index in [2.05, 4.69) is 55.1 Å². The van der Waals surface area contributed by atoms with Crippen molar-refractivity contribution in [3.05, 3.63) is 454 Å². The summed E-state index contributed by atoms with van der Waals surface area (Å²) in [5.41, 5.74) is 16.1. The van der Waals surface area contributed by atoms with Crippen molar-refractivity contribution in [2.45, 2.75) is 104 Å². The van der Waals surface area contributed by atoms with Gasteiger partial charge in [-0.3, -0.25) is 77.1 Å². The van der Waals surface area contributed by atoms with Gasteiger partial charge in [0, 0.05) is 290 Å². The number of hydrogen-bond donors (Lipinski definition) is 7. The van der Waals surface area contributed by atoms with E-state index in [1.807, 2.05) is 239 Å². The molecule has 0 aliphatic rings. The Kier molecular flexibility index (Phi) is 35.5. The predicted octanol–water partition coefficient (Wildman–Crippen LogP) is 25.9. The topological polar surface area (TPSA) is 414 Å². The fourth-order valence-corrected chi connectivity index (χ4v) is 16.9. The van der Waals surface area contributed by atoms with Crippen LogP contribution in [0.1, 0.15) is 246 Å². The lowest BCUT2D eigenvalue weighted by molar-refractivity contribution is 0.0902. The van der Waals surface area contributed by atoms with Crippen LogP contribution in [0.25, 0.3) is 76.3 Å². The molecule has 0 saturated heterocycles. The number of carbonyl (C=O) groups is 14. The highest BCUT2D eigenvalue weighted by molar-refractivity contribution is 7.12. The van der Waals surface area contributed by atoms with Gasteiger partial charge in [0.2, 0.25) is 0 Å². The van der Waals surface area contributed by atoms with Crippen LogP contribution in [-0.2, 0) is 0 Å². The molecule has 0 aliphatic heterocycles. The molecule has 26 nitrogen and oxygen atoms in total. The van der Waals surface area contributed by atoms with Crippen molar-refractivity contribution in [3.63, 3.8) is 0 Å². The second-order valence-electron chi connectivity index (χ2n) is 34.6. The van der Waals surface area contributed by atoms with Crippen molar-refractivity contribution in [2.75, 3.05) is 0 Å². The molecule has 21 aromatic rings. The molecule has 0 fully saturated rings. The Morgan fingerprint density at radius 3 is 0.925 bits per heavy atom. The van der Waals surface area contributed by atoms with E-state index >= 15 is 0 Å². The Labute approximate surface area is 847 Å². The first-order valence-electron chi connectivity index (χ1n) is 47.7. The van der Waals surface area contributed by atoms with E-state index in [4.69, 9.17) is 4.42 Å². The lowest BCUT2D eigenvalue weighted by atomic mass is 9.98. The minimum atomic E-state index is -0.167. The summed E-state index contributed by atoms with van der Waals surface area (Å²) in [6.45, 7) is 3.86. The number of fused-ring (bicyclic) bond motifs is 7. The average Bonchev–Trinajstić information content (AvgIpc) is 1.77. The van der Waals surface area contributed by atoms with Crippen LogP contribution in [0.3, 0.4) is 0 Å². The van der Waals surface area contributed by atoms with Crippen molar-refractivity contribution < 1.29 is 71.5 Å². The van der Waals surface area contributed by atoms with Gasteiger partial charge in [-0.1, -0.05) is 60.2 Å². The van der Waals surface area contributed by atoms with Crippen LogP contribution in [0.15, 0.2) is 369 Å². The van der Waals surface area contributed by atoms with Crippen LogP contribution in [-0.4, -0.2) is 136 Å². The highest BCUT2D eigenvalue weighted by Crippen LogP contribution is 2.27. The maximum absolute atomic E-state index is 12.3. The first-order chi connectivity index (χ1) is 71.5. The van der Waals surface area contributed by atoms with Gasteiger partial charge in [0.1, 0.15) is 11.4 Å². The molecule has 0 amide bonds. The minimum absolute atomic E-state index is 0.00380. The van der Waals surface area contributed by atoms with E-state index in [0.29, 0.717) is 72.8 Å². The van der Waals surface area contributed by atoms with Gasteiger partial charge in [0.05, 0.1) is 11.1 Å². The van der Waals surface area contributed by atoms with E-state index in [9.17, 15) is 67.1 Å². The number of aromatic amines is 7. The Morgan fingerprint density at radius 2 is 0.592 bits per heavy atom. The number of nitrogens with zero attached hydrogens (tertiary/aromatic N) is 4. The zero-order valence-electron chi connectivity index (χ0n) is 80.4. The Morgan fingerprint density at radius 1 is 0.259 bits per heavy atom. The predicted molar refractivity (Wildman–Crippen MR) is 569 cm³/mol. The lowest BCUT2D eigenvalue weighted by Crippen LogP contribution is -2.07. The third-order valence-electron chi connectivity index (χ3n) is 24.4. The molecule has 0 aliphatic carbocycles. The lowest BCUT2D eigenvalue weighted by Gasteiger charge is -2.05. The standard InChI is InChI=1S/2C19H17NO2.2C17H14N2O2.C16H13N3O2.C16H13NO3.C16H13NO2S/c1-13-3-2-4-15(11-13)18(21)7-8-19(22)16-5-6-17-14(12-16)9-10-20-17;1-13-4-2-3-5-16(13)19(22)9-8-18(21)15-6-7-17-14(12-15)10-11-20-17;20-16(5-6-17(21)14-2-1-8-18-11-14)13-3-4-15-12(10-13)7-9-19-15;20-16(6-7-17(21)15-3-1-2-9-18-15)13-4-5-14-12(11-13)8-10-19-14;20-15(5-6-16(21)14-2-1-8-18-19-14)12-3-4-13-11(10-12)7-9-17-13;2*18-14(5-6-15(19)16-2-1-9-20-16)12-3-4-13-11(10-12)7-8-17-13/h2-6,9-12,20H,7-8H2,1H3;2-7,10-12,20H,8-9H2,1H3;1-4,7-11,19H,5-6H2;1-5,8-11,19H,6-7H2;1-4,7-10,17H,5-6H2;2*1-4,7-10,17H,5-6H2. The fourth-order valence-electron chi connectivity index (χ4n) is 16.2. The number of benzene rings is 9. The van der Waals surface area contributed by atoms with Crippen molar-refractivity contribution in [3.8, 4) is 0 Å². The molecule has 147 heavy (non-hydrogen) atoms. The Balaban J connectivity index is 0.000000129. The third kappa shape index (κ3) is 28.7. The number of Topliss-reactive ketones (excluding diaryl/α,β-unsaturated/α-hetero) is 14. The van der Waals surface area contributed by atoms with E-state index in [0.717, 1.165) is 92.3 Å². The Bertz CT molecular complexity index is 7830. The molecule has 732 valence electrons. The van der Waals surface area contributed by atoms with E-state index in [-0.39, 0.29) is 171 Å². The number of pyridine rings is 2. The number of ketones is 14. The number of hydrogen-bond acceptors (Lipinski definition) is 20. The van der Waals surface area contributed by atoms with Gasteiger partial charge in [-0.2, -0.15) is 5.10 Å². The highest BCUT2D eigenvalue weighted by Gasteiger charge is 2.22. The number of aryl methyl sites for hydroxylation is 2. The van der Waals surface area contributed by atoms with Crippen LogP contribution in [0, 0.1) is 13.8 Å². The first kappa shape index (κ1) is 103. The summed E-state index contributed by atoms with van der Waals surface area (Å²) in [7, 11) is 0. The SMILES string of the molecule is Cc1cccc(C(=O)CCC(=O)c2ccc3[nH]ccc3c2)c1.Cc1ccccc1C(=O)CCC(=O)c1ccc2[nH]ccc2c1.O=C(CCC(=O)c1ccc2[nH]ccc2c1)c1cccnc1.O=C(CCC(=O)c1ccccn1)c1ccc2[nH]ccc2c1.O=C(CCC(=O)c1cccnn1)c1ccc2[nH]ccc2c1.O=C(CCC(=O)c1ccco1)c1ccc2[nH]ccc2c1.O=C(CCC(=O)c1cccs1)c1ccc2[nH]ccc2c1. The Hall–Kier alpha value is -18.5. The molecule has 0 atom stereocenters.